The molecule has 6 heteroatoms. The third-order valence-corrected chi connectivity index (χ3v) is 1.52. The van der Waals surface area contributed by atoms with Gasteiger partial charge in [-0.3, -0.25) is 0 Å². The van der Waals surface area contributed by atoms with Crippen LogP contribution >= 0.6 is 21.4 Å². The van der Waals surface area contributed by atoms with Crippen LogP contribution in [0.15, 0.2) is 24.3 Å². The fraction of sp³-hybridized carbons (Fsp3) is 0.333. The van der Waals surface area contributed by atoms with Crippen LogP contribution in [0.2, 0.25) is 0 Å². The Kier molecular flexibility index (Phi) is 6.17. The summed E-state index contributed by atoms with van der Waals surface area (Å²) in [7, 11) is 4.81. The normalized spacial score (nSPS) is 10.8. The van der Waals surface area contributed by atoms with E-state index in [-0.39, 0.29) is 5.82 Å². The van der Waals surface area contributed by atoms with Gasteiger partial charge in [0.05, 0.1) is 0 Å². The second kappa shape index (κ2) is 6.30. The molecular formula is C9H11Cl2FO2S. The second-order valence-electron chi connectivity index (χ2n) is 3.09. The molecular weight excluding hydrogens is 262 g/mol. The SMILES string of the molecule is CC(C)c1cccc(F)c1.O=S(=O)(Cl)Cl. The quantitative estimate of drug-likeness (QED) is 0.732. The van der Waals surface area contributed by atoms with Crippen molar-refractivity contribution in [1.82, 2.24) is 0 Å². The van der Waals surface area contributed by atoms with Crippen molar-refractivity contribution >= 4 is 29.6 Å². The van der Waals surface area contributed by atoms with Crippen molar-refractivity contribution in [1.29, 1.82) is 0 Å². The number of benzene rings is 1. The zero-order chi connectivity index (χ0) is 12.1. The van der Waals surface area contributed by atoms with Crippen molar-refractivity contribution in [3.8, 4) is 0 Å². The van der Waals surface area contributed by atoms with E-state index in [4.69, 9.17) is 8.42 Å². The van der Waals surface area contributed by atoms with Crippen molar-refractivity contribution in [2.75, 3.05) is 0 Å². The molecule has 0 aliphatic rings. The Morgan fingerprint density at radius 3 is 2.00 bits per heavy atom. The summed E-state index contributed by atoms with van der Waals surface area (Å²) in [6.45, 7) is 4.10. The van der Waals surface area contributed by atoms with Gasteiger partial charge in [0.1, 0.15) is 5.82 Å². The lowest BCUT2D eigenvalue weighted by Crippen LogP contribution is -1.86. The summed E-state index contributed by atoms with van der Waals surface area (Å²) in [5.74, 6) is 0.266. The predicted octanol–water partition coefficient (Wildman–Crippen LogP) is 3.66. The summed E-state index contributed by atoms with van der Waals surface area (Å²) >= 11 is 0. The zero-order valence-electron chi connectivity index (χ0n) is 8.25. The highest BCUT2D eigenvalue weighted by Crippen LogP contribution is 2.14. The molecule has 0 aliphatic heterocycles. The van der Waals surface area contributed by atoms with E-state index < -0.39 is 8.26 Å². The van der Waals surface area contributed by atoms with Gasteiger partial charge < -0.3 is 0 Å². The third kappa shape index (κ3) is 9.97. The lowest BCUT2D eigenvalue weighted by atomic mass is 10.0. The molecule has 0 radical (unpaired) electrons. The van der Waals surface area contributed by atoms with Crippen LogP contribution in [0.25, 0.3) is 0 Å². The van der Waals surface area contributed by atoms with Gasteiger partial charge in [0.25, 0.3) is 0 Å². The first kappa shape index (κ1) is 14.7. The van der Waals surface area contributed by atoms with E-state index in [0.29, 0.717) is 5.92 Å². The third-order valence-electron chi connectivity index (χ3n) is 1.52. The number of hydrogen-bond acceptors (Lipinski definition) is 2. The highest BCUT2D eigenvalue weighted by molar-refractivity contribution is 8.31. The molecule has 0 heterocycles. The Morgan fingerprint density at radius 1 is 1.27 bits per heavy atom. The van der Waals surface area contributed by atoms with Crippen LogP contribution in [0.3, 0.4) is 0 Å². The second-order valence-corrected chi connectivity index (χ2v) is 6.76. The molecule has 0 saturated carbocycles. The molecule has 2 nitrogen and oxygen atoms in total. The average Bonchev–Trinajstić information content (AvgIpc) is 2.00. The van der Waals surface area contributed by atoms with E-state index in [1.165, 1.54) is 6.07 Å². The Bertz CT molecular complexity index is 396. The first-order valence-corrected chi connectivity index (χ1v) is 7.23. The lowest BCUT2D eigenvalue weighted by Gasteiger charge is -2.02. The van der Waals surface area contributed by atoms with Crippen molar-refractivity contribution < 1.29 is 12.8 Å². The Labute approximate surface area is 97.9 Å². The van der Waals surface area contributed by atoms with E-state index >= 15 is 0 Å². The lowest BCUT2D eigenvalue weighted by molar-refractivity contribution is 0.621. The maximum Gasteiger partial charge on any atom is 0.317 e. The summed E-state index contributed by atoms with van der Waals surface area (Å²) in [4.78, 5) is 0. The van der Waals surface area contributed by atoms with E-state index in [1.807, 2.05) is 6.07 Å². The molecule has 15 heavy (non-hydrogen) atoms. The fourth-order valence-electron chi connectivity index (χ4n) is 0.866. The van der Waals surface area contributed by atoms with Crippen molar-refractivity contribution in [3.63, 3.8) is 0 Å². The van der Waals surface area contributed by atoms with Gasteiger partial charge in [-0.25, -0.2) is 4.39 Å². The van der Waals surface area contributed by atoms with Gasteiger partial charge in [-0.2, -0.15) is 8.42 Å². The van der Waals surface area contributed by atoms with Crippen molar-refractivity contribution in [3.05, 3.63) is 35.6 Å². The monoisotopic (exact) mass is 272 g/mol. The van der Waals surface area contributed by atoms with Crippen LogP contribution in [-0.2, 0) is 8.26 Å². The molecule has 1 rings (SSSR count). The molecule has 86 valence electrons. The maximum absolute atomic E-state index is 12.5. The van der Waals surface area contributed by atoms with Gasteiger partial charge in [0.15, 0.2) is 0 Å². The van der Waals surface area contributed by atoms with Crippen LogP contribution in [0, 0.1) is 5.82 Å². The molecule has 0 N–H and O–H groups in total. The summed E-state index contributed by atoms with van der Waals surface area (Å²) in [6, 6.07) is 6.72. The average molecular weight is 273 g/mol. The van der Waals surface area contributed by atoms with Crippen LogP contribution in [-0.4, -0.2) is 8.42 Å². The largest absolute Gasteiger partial charge is 0.317 e. The van der Waals surface area contributed by atoms with Gasteiger partial charge in [0, 0.05) is 21.4 Å². The van der Waals surface area contributed by atoms with Gasteiger partial charge in [0.2, 0.25) is 0 Å². The maximum atomic E-state index is 12.5. The molecule has 1 aromatic rings. The van der Waals surface area contributed by atoms with E-state index in [1.54, 1.807) is 12.1 Å². The zero-order valence-corrected chi connectivity index (χ0v) is 10.6. The molecule has 0 aliphatic carbocycles. The first-order chi connectivity index (χ1) is 6.70. The van der Waals surface area contributed by atoms with Crippen LogP contribution < -0.4 is 0 Å². The minimum Gasteiger partial charge on any atom is -0.207 e. The number of rotatable bonds is 1. The summed E-state index contributed by atoms with van der Waals surface area (Å²) in [5.41, 5.74) is 1.06. The Balaban J connectivity index is 0.000000336. The van der Waals surface area contributed by atoms with E-state index in [9.17, 15) is 4.39 Å². The molecule has 0 unspecified atom stereocenters. The van der Waals surface area contributed by atoms with Crippen LogP contribution in [0.1, 0.15) is 25.3 Å². The highest BCUT2D eigenvalue weighted by atomic mass is 36.0. The Morgan fingerprint density at radius 2 is 1.73 bits per heavy atom. The summed E-state index contributed by atoms with van der Waals surface area (Å²) in [6.07, 6.45) is 0. The highest BCUT2D eigenvalue weighted by Gasteiger charge is 1.97. The van der Waals surface area contributed by atoms with Crippen molar-refractivity contribution in [2.45, 2.75) is 19.8 Å². The first-order valence-electron chi connectivity index (χ1n) is 4.10. The summed E-state index contributed by atoms with van der Waals surface area (Å²) < 4.78 is 30.9. The summed E-state index contributed by atoms with van der Waals surface area (Å²) in [5, 5.41) is 0. The molecule has 0 saturated heterocycles. The molecule has 0 aromatic heterocycles. The van der Waals surface area contributed by atoms with E-state index in [2.05, 4.69) is 35.2 Å². The molecule has 0 atom stereocenters. The molecule has 0 bridgehead atoms. The molecule has 1 aromatic carbocycles. The predicted molar refractivity (Wildman–Crippen MR) is 61.1 cm³/mol. The van der Waals surface area contributed by atoms with E-state index in [0.717, 1.165) is 5.56 Å². The topological polar surface area (TPSA) is 34.1 Å². The Hall–Kier alpha value is -0.320. The van der Waals surface area contributed by atoms with Crippen LogP contribution in [0.5, 0.6) is 0 Å². The van der Waals surface area contributed by atoms with Gasteiger partial charge in [-0.15, -0.1) is 0 Å². The van der Waals surface area contributed by atoms with Gasteiger partial charge in [-0.1, -0.05) is 26.0 Å². The van der Waals surface area contributed by atoms with Gasteiger partial charge >= 0.3 is 8.26 Å². The van der Waals surface area contributed by atoms with Crippen molar-refractivity contribution in [2.24, 2.45) is 0 Å². The number of halogens is 3. The molecule has 0 spiro atoms. The minimum absolute atomic E-state index is 0.147. The fourth-order valence-corrected chi connectivity index (χ4v) is 0.866. The number of hydrogen-bond donors (Lipinski definition) is 0. The molecule has 0 fully saturated rings. The molecule has 0 amide bonds. The van der Waals surface area contributed by atoms with Crippen LogP contribution in [0.4, 0.5) is 4.39 Å². The smallest absolute Gasteiger partial charge is 0.207 e. The van der Waals surface area contributed by atoms with Gasteiger partial charge in [-0.05, 0) is 23.6 Å². The standard InChI is InChI=1S/C9H11F.Cl2O2S/c1-7(2)8-4-3-5-9(10)6-8;1-5(2,3)4/h3-7H,1-2H3;. The minimum atomic E-state index is -3.72.